The lowest BCUT2D eigenvalue weighted by Gasteiger charge is -2.22. The van der Waals surface area contributed by atoms with Crippen LogP contribution in [-0.4, -0.2) is 47.5 Å². The van der Waals surface area contributed by atoms with Crippen LogP contribution < -0.4 is 10.2 Å². The number of nitrogens with one attached hydrogen (secondary N) is 1. The van der Waals surface area contributed by atoms with E-state index in [9.17, 15) is 15.0 Å². The first-order valence-corrected chi connectivity index (χ1v) is 9.56. The van der Waals surface area contributed by atoms with Gasteiger partial charge >= 0.3 is 5.97 Å². The lowest BCUT2D eigenvalue weighted by molar-refractivity contribution is -0.135. The van der Waals surface area contributed by atoms with Crippen molar-refractivity contribution in [3.63, 3.8) is 0 Å². The zero-order valence-electron chi connectivity index (χ0n) is 15.7. The summed E-state index contributed by atoms with van der Waals surface area (Å²) in [6.45, 7) is 2.27. The van der Waals surface area contributed by atoms with Gasteiger partial charge in [-0.3, -0.25) is 4.79 Å². The second-order valence-electron chi connectivity index (χ2n) is 6.69. The predicted molar refractivity (Wildman–Crippen MR) is 112 cm³/mol. The fourth-order valence-electron chi connectivity index (χ4n) is 2.92. The second-order valence-corrected chi connectivity index (χ2v) is 7.50. The molecule has 0 aliphatic heterocycles. The number of aromatic hydroxyl groups is 1. The van der Waals surface area contributed by atoms with E-state index in [-0.39, 0.29) is 18.3 Å². The number of aliphatic hydroxyl groups excluding tert-OH is 1. The summed E-state index contributed by atoms with van der Waals surface area (Å²) in [6, 6.07) is 9.79. The molecule has 0 heterocycles. The molecule has 2 aromatic carbocycles. The second kappa shape index (κ2) is 9.98. The van der Waals surface area contributed by atoms with Gasteiger partial charge in [0.1, 0.15) is 12.3 Å². The van der Waals surface area contributed by atoms with E-state index < -0.39 is 12.1 Å². The van der Waals surface area contributed by atoms with Crippen LogP contribution in [0.15, 0.2) is 36.4 Å². The van der Waals surface area contributed by atoms with Crippen molar-refractivity contribution < 1.29 is 20.1 Å². The number of carboxylic acids is 1. The maximum Gasteiger partial charge on any atom is 0.323 e. The van der Waals surface area contributed by atoms with Crippen LogP contribution in [0.2, 0.25) is 10.0 Å². The number of halogens is 2. The molecule has 0 saturated heterocycles. The number of benzene rings is 2. The molecule has 2 rings (SSSR count). The van der Waals surface area contributed by atoms with E-state index in [0.717, 1.165) is 11.1 Å². The van der Waals surface area contributed by atoms with Gasteiger partial charge in [0, 0.05) is 13.1 Å². The zero-order valence-corrected chi connectivity index (χ0v) is 17.2. The Morgan fingerprint density at radius 3 is 2.29 bits per heavy atom. The highest BCUT2D eigenvalue weighted by Gasteiger charge is 2.17. The molecule has 0 radical (unpaired) electrons. The molecule has 0 unspecified atom stereocenters. The summed E-state index contributed by atoms with van der Waals surface area (Å²) in [5.74, 6) is -0.813. The number of aliphatic carboxylic acids is 1. The lowest BCUT2D eigenvalue weighted by atomic mass is 10.0. The van der Waals surface area contributed by atoms with Crippen molar-refractivity contribution in [1.29, 1.82) is 0 Å². The monoisotopic (exact) mass is 426 g/mol. The topological polar surface area (TPSA) is 93.0 Å². The average Bonchev–Trinajstić information content (AvgIpc) is 2.60. The number of rotatable bonds is 9. The van der Waals surface area contributed by atoms with Gasteiger partial charge in [0.05, 0.1) is 21.8 Å². The third-order valence-electron chi connectivity index (χ3n) is 4.42. The summed E-state index contributed by atoms with van der Waals surface area (Å²) >= 11 is 12.6. The van der Waals surface area contributed by atoms with Crippen molar-refractivity contribution in [2.24, 2.45) is 0 Å². The first-order chi connectivity index (χ1) is 13.2. The van der Waals surface area contributed by atoms with Crippen LogP contribution in [0.5, 0.6) is 5.75 Å². The molecule has 2 aromatic rings. The van der Waals surface area contributed by atoms with Crippen LogP contribution in [0.1, 0.15) is 24.2 Å². The largest absolute Gasteiger partial charge is 0.508 e. The summed E-state index contributed by atoms with van der Waals surface area (Å²) in [5.41, 5.74) is 2.11. The van der Waals surface area contributed by atoms with Gasteiger partial charge in [-0.25, -0.2) is 0 Å². The number of aliphatic hydroxyl groups is 1. The van der Waals surface area contributed by atoms with Gasteiger partial charge in [-0.2, -0.15) is 0 Å². The quantitative estimate of drug-likeness (QED) is 0.490. The molecule has 0 spiro atoms. The first kappa shape index (κ1) is 22.3. The fourth-order valence-corrected chi connectivity index (χ4v) is 3.75. The molecule has 6 nitrogen and oxygen atoms in total. The van der Waals surface area contributed by atoms with Crippen molar-refractivity contribution in [1.82, 2.24) is 5.32 Å². The van der Waals surface area contributed by atoms with Gasteiger partial charge in [-0.15, -0.1) is 0 Å². The third kappa shape index (κ3) is 6.01. The van der Waals surface area contributed by atoms with E-state index >= 15 is 0 Å². The van der Waals surface area contributed by atoms with Crippen molar-refractivity contribution >= 4 is 34.9 Å². The number of phenolic OH excluding ortho intramolecular Hbond substituents is 1. The molecular formula is C20H24Cl2N2O4. The van der Waals surface area contributed by atoms with Crippen LogP contribution in [-0.2, 0) is 11.2 Å². The fraction of sp³-hybridized carbons (Fsp3) is 0.350. The molecule has 152 valence electrons. The Hall–Kier alpha value is -1.99. The summed E-state index contributed by atoms with van der Waals surface area (Å²) in [5, 5.41) is 32.7. The number of carbonyl (C=O) groups is 1. The molecular weight excluding hydrogens is 403 g/mol. The van der Waals surface area contributed by atoms with Gasteiger partial charge < -0.3 is 25.5 Å². The molecule has 8 heteroatoms. The van der Waals surface area contributed by atoms with Crippen molar-refractivity contribution in [2.75, 3.05) is 25.0 Å². The molecule has 0 amide bonds. The number of phenols is 1. The van der Waals surface area contributed by atoms with Crippen LogP contribution in [0.25, 0.3) is 0 Å². The highest BCUT2D eigenvalue weighted by molar-refractivity contribution is 6.39. The minimum Gasteiger partial charge on any atom is -0.508 e. The van der Waals surface area contributed by atoms with Gasteiger partial charge in [0.2, 0.25) is 0 Å². The lowest BCUT2D eigenvalue weighted by Crippen LogP contribution is -2.33. The number of anilines is 1. The number of hydrogen-bond acceptors (Lipinski definition) is 5. The van der Waals surface area contributed by atoms with E-state index in [1.54, 1.807) is 31.3 Å². The zero-order chi connectivity index (χ0) is 20.8. The third-order valence-corrected chi connectivity index (χ3v) is 5.00. The van der Waals surface area contributed by atoms with E-state index in [0.29, 0.717) is 28.7 Å². The van der Waals surface area contributed by atoms with Gasteiger partial charge in [-0.05, 0) is 55.3 Å². The number of hydrogen-bond donors (Lipinski definition) is 4. The minimum atomic E-state index is -0.968. The van der Waals surface area contributed by atoms with Gasteiger partial charge in [0.15, 0.2) is 0 Å². The van der Waals surface area contributed by atoms with E-state index in [4.69, 9.17) is 28.3 Å². The maximum absolute atomic E-state index is 10.9. The highest BCUT2D eigenvalue weighted by atomic mass is 35.5. The van der Waals surface area contributed by atoms with Crippen LogP contribution in [0.4, 0.5) is 5.69 Å². The smallest absolute Gasteiger partial charge is 0.323 e. The normalized spacial score (nSPS) is 13.2. The van der Waals surface area contributed by atoms with Crippen LogP contribution in [0.3, 0.4) is 0 Å². The van der Waals surface area contributed by atoms with E-state index in [1.807, 2.05) is 6.92 Å². The van der Waals surface area contributed by atoms with Gasteiger partial charge in [0.25, 0.3) is 0 Å². The van der Waals surface area contributed by atoms with Crippen molar-refractivity contribution in [2.45, 2.75) is 25.5 Å². The Balaban J connectivity index is 1.95. The maximum atomic E-state index is 10.9. The molecule has 0 saturated carbocycles. The average molecular weight is 427 g/mol. The Bertz CT molecular complexity index is 791. The minimum absolute atomic E-state index is 0.155. The summed E-state index contributed by atoms with van der Waals surface area (Å²) in [7, 11) is 1.62. The van der Waals surface area contributed by atoms with Gasteiger partial charge in [-0.1, -0.05) is 35.3 Å². The Kier molecular flexibility index (Phi) is 7.95. The van der Waals surface area contributed by atoms with E-state index in [2.05, 4.69) is 5.32 Å². The van der Waals surface area contributed by atoms with E-state index in [1.165, 1.54) is 17.0 Å². The van der Waals surface area contributed by atoms with Crippen molar-refractivity contribution in [3.05, 3.63) is 57.6 Å². The highest BCUT2D eigenvalue weighted by Crippen LogP contribution is 2.34. The molecule has 28 heavy (non-hydrogen) atoms. The predicted octanol–water partition coefficient (Wildman–Crippen LogP) is 3.47. The van der Waals surface area contributed by atoms with Crippen molar-refractivity contribution in [3.8, 4) is 5.75 Å². The molecule has 4 N–H and O–H groups in total. The molecule has 0 aromatic heterocycles. The van der Waals surface area contributed by atoms with Crippen LogP contribution in [0, 0.1) is 0 Å². The summed E-state index contributed by atoms with van der Waals surface area (Å²) < 4.78 is 0. The Morgan fingerprint density at radius 1 is 1.18 bits per heavy atom. The Morgan fingerprint density at radius 2 is 1.75 bits per heavy atom. The molecule has 0 aliphatic carbocycles. The summed E-state index contributed by atoms with van der Waals surface area (Å²) in [6.07, 6.45) is -0.0746. The van der Waals surface area contributed by atoms with Crippen LogP contribution >= 0.6 is 23.2 Å². The standard InChI is InChI=1S/C20H24Cl2N2O4/c1-12(20(28)14-3-5-15(25)6-4-14)23-8-7-13-9-16(21)19(17(22)10-13)24(2)11-18(26)27/h3-6,9-10,12,20,23,25,28H,7-8,11H2,1-2H3,(H,26,27)/t12-,20+/m0/s1. The molecule has 0 bridgehead atoms. The molecule has 0 aliphatic rings. The number of carboxylic acid groups (broad SMARTS) is 1. The molecule has 2 atom stereocenters. The number of likely N-dealkylation sites (N-methyl/N-ethyl adjacent to an activating group) is 1. The molecule has 0 fully saturated rings. The number of nitrogens with zero attached hydrogens (tertiary/aromatic N) is 1. The Labute approximate surface area is 174 Å². The first-order valence-electron chi connectivity index (χ1n) is 8.80. The summed E-state index contributed by atoms with van der Waals surface area (Å²) in [4.78, 5) is 12.4. The SMILES string of the molecule is C[C@H](NCCc1cc(Cl)c(N(C)CC(=O)O)c(Cl)c1)[C@@H](O)c1ccc(O)cc1.